The molecule has 0 saturated carbocycles. The molecule has 122 valence electrons. The minimum atomic E-state index is -3.78. The van der Waals surface area contributed by atoms with E-state index in [0.29, 0.717) is 5.69 Å². The fraction of sp³-hybridized carbons (Fsp3) is 0.154. The number of aromatic nitrogens is 2. The zero-order valence-corrected chi connectivity index (χ0v) is 12.7. The monoisotopic (exact) mass is 338 g/mol. The third kappa shape index (κ3) is 4.63. The highest BCUT2D eigenvalue weighted by atomic mass is 32.2. The lowest BCUT2D eigenvalue weighted by Gasteiger charge is -2.07. The predicted molar refractivity (Wildman–Crippen MR) is 82.4 cm³/mol. The van der Waals surface area contributed by atoms with Crippen molar-refractivity contribution in [2.75, 3.05) is 5.32 Å². The fourth-order valence-corrected chi connectivity index (χ4v) is 2.31. The number of carbonyl (C=O) groups is 1. The molecule has 23 heavy (non-hydrogen) atoms. The number of primary sulfonamides is 1. The number of sulfonamides is 1. The van der Waals surface area contributed by atoms with Gasteiger partial charge in [-0.1, -0.05) is 0 Å². The zero-order chi connectivity index (χ0) is 17.0. The van der Waals surface area contributed by atoms with Crippen molar-refractivity contribution in [3.8, 4) is 0 Å². The highest BCUT2D eigenvalue weighted by molar-refractivity contribution is 7.89. The molecule has 0 radical (unpaired) electrons. The number of rotatable bonds is 5. The third-order valence-corrected chi connectivity index (χ3v) is 3.87. The number of nitrogens with two attached hydrogens (primary N) is 1. The molecule has 2 rings (SSSR count). The summed E-state index contributed by atoms with van der Waals surface area (Å²) in [7, 11) is -3.78. The van der Waals surface area contributed by atoms with Crippen LogP contribution in [0.15, 0.2) is 51.0 Å². The summed E-state index contributed by atoms with van der Waals surface area (Å²) < 4.78 is 23.4. The quantitative estimate of drug-likeness (QED) is 0.654. The van der Waals surface area contributed by atoms with Crippen molar-refractivity contribution in [3.05, 3.63) is 57.4 Å². The number of benzene rings is 1. The number of H-pyrrole nitrogens is 1. The van der Waals surface area contributed by atoms with E-state index in [-0.39, 0.29) is 23.8 Å². The maximum absolute atomic E-state index is 11.8. The van der Waals surface area contributed by atoms with Crippen molar-refractivity contribution in [1.82, 2.24) is 9.55 Å². The largest absolute Gasteiger partial charge is 0.328 e. The molecule has 0 aliphatic rings. The highest BCUT2D eigenvalue weighted by Crippen LogP contribution is 2.12. The van der Waals surface area contributed by atoms with E-state index in [9.17, 15) is 22.8 Å². The van der Waals surface area contributed by atoms with Gasteiger partial charge in [0.25, 0.3) is 5.56 Å². The second kappa shape index (κ2) is 6.58. The second-order valence-corrected chi connectivity index (χ2v) is 6.23. The first-order chi connectivity index (χ1) is 10.8. The standard InChI is InChI=1S/C13H14N4O5S/c14-23(21,22)10-3-1-9(2-4-10)15-11(18)5-7-17-8-6-12(19)16-13(17)20/h1-4,6,8H,5,7H2,(H,15,18)(H2,14,21,22)(H,16,19,20). The van der Waals surface area contributed by atoms with Gasteiger partial charge < -0.3 is 9.88 Å². The average molecular weight is 338 g/mol. The molecule has 0 bridgehead atoms. The first-order valence-corrected chi connectivity index (χ1v) is 8.03. The molecule has 1 aromatic heterocycles. The molecule has 1 heterocycles. The number of hydrogen-bond donors (Lipinski definition) is 3. The van der Waals surface area contributed by atoms with Crippen molar-refractivity contribution in [2.45, 2.75) is 17.9 Å². The maximum atomic E-state index is 11.8. The molecular weight excluding hydrogens is 324 g/mol. The third-order valence-electron chi connectivity index (χ3n) is 2.94. The molecular formula is C13H14N4O5S. The van der Waals surface area contributed by atoms with Gasteiger partial charge in [0.1, 0.15) is 0 Å². The number of hydrogen-bond acceptors (Lipinski definition) is 5. The predicted octanol–water partition coefficient (Wildman–Crippen LogP) is -0.787. The van der Waals surface area contributed by atoms with Crippen molar-refractivity contribution >= 4 is 21.6 Å². The van der Waals surface area contributed by atoms with Gasteiger partial charge in [-0.15, -0.1) is 0 Å². The van der Waals surface area contributed by atoms with Crippen LogP contribution in [-0.2, 0) is 21.4 Å². The summed E-state index contributed by atoms with van der Waals surface area (Å²) in [5, 5.41) is 7.53. The Balaban J connectivity index is 1.97. The highest BCUT2D eigenvalue weighted by Gasteiger charge is 2.08. The summed E-state index contributed by atoms with van der Waals surface area (Å²) in [5.74, 6) is -0.369. The van der Waals surface area contributed by atoms with Crippen LogP contribution in [0.2, 0.25) is 0 Å². The van der Waals surface area contributed by atoms with Gasteiger partial charge in [-0.05, 0) is 24.3 Å². The Labute approximate surface area is 130 Å². The zero-order valence-electron chi connectivity index (χ0n) is 11.9. The molecule has 0 atom stereocenters. The van der Waals surface area contributed by atoms with Crippen LogP contribution in [-0.4, -0.2) is 23.9 Å². The van der Waals surface area contributed by atoms with Crippen LogP contribution in [0.4, 0.5) is 5.69 Å². The van der Waals surface area contributed by atoms with Crippen molar-refractivity contribution < 1.29 is 13.2 Å². The van der Waals surface area contributed by atoms with Crippen LogP contribution < -0.4 is 21.7 Å². The summed E-state index contributed by atoms with van der Waals surface area (Å²) >= 11 is 0. The van der Waals surface area contributed by atoms with Gasteiger partial charge >= 0.3 is 5.69 Å². The van der Waals surface area contributed by atoms with Gasteiger partial charge in [-0.3, -0.25) is 14.6 Å². The van der Waals surface area contributed by atoms with Gasteiger partial charge in [0.15, 0.2) is 0 Å². The Morgan fingerprint density at radius 3 is 2.39 bits per heavy atom. The Bertz CT molecular complexity index is 928. The number of nitrogens with zero attached hydrogens (tertiary/aromatic N) is 1. The lowest BCUT2D eigenvalue weighted by atomic mass is 10.3. The molecule has 0 fully saturated rings. The Kier molecular flexibility index (Phi) is 4.77. The van der Waals surface area contributed by atoms with Crippen LogP contribution in [0.25, 0.3) is 0 Å². The Hall–Kier alpha value is -2.72. The van der Waals surface area contributed by atoms with E-state index in [1.807, 2.05) is 0 Å². The first-order valence-electron chi connectivity index (χ1n) is 6.48. The van der Waals surface area contributed by atoms with E-state index in [0.717, 1.165) is 0 Å². The molecule has 0 aliphatic carbocycles. The molecule has 1 aromatic carbocycles. The lowest BCUT2D eigenvalue weighted by Crippen LogP contribution is -2.29. The number of aryl methyl sites for hydroxylation is 1. The summed E-state index contributed by atoms with van der Waals surface area (Å²) in [5.41, 5.74) is -0.704. The SMILES string of the molecule is NS(=O)(=O)c1ccc(NC(=O)CCn2ccc(=O)[nH]c2=O)cc1. The van der Waals surface area contributed by atoms with Crippen LogP contribution >= 0.6 is 0 Å². The first kappa shape index (κ1) is 16.6. The number of aromatic amines is 1. The maximum Gasteiger partial charge on any atom is 0.328 e. The minimum Gasteiger partial charge on any atom is -0.326 e. The number of anilines is 1. The minimum absolute atomic E-state index is 0.00287. The van der Waals surface area contributed by atoms with E-state index < -0.39 is 21.3 Å². The summed E-state index contributed by atoms with van der Waals surface area (Å²) in [6.07, 6.45) is 1.30. The van der Waals surface area contributed by atoms with E-state index in [2.05, 4.69) is 10.3 Å². The lowest BCUT2D eigenvalue weighted by molar-refractivity contribution is -0.116. The number of carbonyl (C=O) groups excluding carboxylic acids is 1. The molecule has 0 aliphatic heterocycles. The van der Waals surface area contributed by atoms with Crippen LogP contribution in [0, 0.1) is 0 Å². The Morgan fingerprint density at radius 2 is 1.83 bits per heavy atom. The summed E-state index contributed by atoms with van der Waals surface area (Å²) in [4.78, 5) is 36.2. The summed E-state index contributed by atoms with van der Waals surface area (Å²) in [6, 6.07) is 6.55. The fourth-order valence-electron chi connectivity index (χ4n) is 1.79. The number of amides is 1. The molecule has 10 heteroatoms. The van der Waals surface area contributed by atoms with Gasteiger partial charge in [0.2, 0.25) is 15.9 Å². The summed E-state index contributed by atoms with van der Waals surface area (Å²) in [6.45, 7) is 0.0940. The van der Waals surface area contributed by atoms with E-state index in [1.54, 1.807) is 0 Å². The smallest absolute Gasteiger partial charge is 0.326 e. The van der Waals surface area contributed by atoms with Gasteiger partial charge in [-0.2, -0.15) is 0 Å². The molecule has 1 amide bonds. The van der Waals surface area contributed by atoms with Crippen LogP contribution in [0.1, 0.15) is 6.42 Å². The van der Waals surface area contributed by atoms with Crippen molar-refractivity contribution in [3.63, 3.8) is 0 Å². The van der Waals surface area contributed by atoms with Gasteiger partial charge in [0, 0.05) is 30.9 Å². The van der Waals surface area contributed by atoms with Crippen LogP contribution in [0.3, 0.4) is 0 Å². The second-order valence-electron chi connectivity index (χ2n) is 4.67. The molecule has 9 nitrogen and oxygen atoms in total. The van der Waals surface area contributed by atoms with Crippen molar-refractivity contribution in [2.24, 2.45) is 5.14 Å². The average Bonchev–Trinajstić information content (AvgIpc) is 2.46. The topological polar surface area (TPSA) is 144 Å². The van der Waals surface area contributed by atoms with Crippen molar-refractivity contribution in [1.29, 1.82) is 0 Å². The number of nitrogens with one attached hydrogen (secondary N) is 2. The van der Waals surface area contributed by atoms with Gasteiger partial charge in [-0.25, -0.2) is 18.4 Å². The van der Waals surface area contributed by atoms with E-state index >= 15 is 0 Å². The molecule has 2 aromatic rings. The molecule has 4 N–H and O–H groups in total. The van der Waals surface area contributed by atoms with E-state index in [4.69, 9.17) is 5.14 Å². The van der Waals surface area contributed by atoms with E-state index in [1.165, 1.54) is 41.1 Å². The van der Waals surface area contributed by atoms with Gasteiger partial charge in [0.05, 0.1) is 4.90 Å². The molecule has 0 unspecified atom stereocenters. The van der Waals surface area contributed by atoms with Crippen LogP contribution in [0.5, 0.6) is 0 Å². The normalized spacial score (nSPS) is 11.2. The Morgan fingerprint density at radius 1 is 1.17 bits per heavy atom. The molecule has 0 spiro atoms. The molecule has 0 saturated heterocycles.